The van der Waals surface area contributed by atoms with Crippen molar-refractivity contribution in [1.29, 1.82) is 0 Å². The van der Waals surface area contributed by atoms with Crippen molar-refractivity contribution < 1.29 is 53.8 Å². The smallest absolute Gasteiger partial charge is 0.428 e. The first kappa shape index (κ1) is 23.6. The second-order valence-corrected chi connectivity index (χ2v) is 6.61. The van der Waals surface area contributed by atoms with E-state index in [1.165, 1.54) is 6.92 Å². The predicted octanol–water partition coefficient (Wildman–Crippen LogP) is 5.95. The summed E-state index contributed by atoms with van der Waals surface area (Å²) in [6.07, 6.45) is -22.6. The van der Waals surface area contributed by atoms with Crippen LogP contribution in [0, 0.1) is 6.92 Å². The number of amides is 1. The van der Waals surface area contributed by atoms with Crippen molar-refractivity contribution in [3.63, 3.8) is 0 Å². The molecule has 1 unspecified atom stereocenters. The zero-order valence-electron chi connectivity index (χ0n) is 14.4. The van der Waals surface area contributed by atoms with Gasteiger partial charge < -0.3 is 9.47 Å². The second kappa shape index (κ2) is 8.20. The van der Waals surface area contributed by atoms with E-state index < -0.39 is 52.9 Å². The quantitative estimate of drug-likeness (QED) is 0.551. The van der Waals surface area contributed by atoms with Gasteiger partial charge in [-0.25, -0.2) is 14.2 Å². The molecule has 0 aliphatic carbocycles. The van der Waals surface area contributed by atoms with Crippen LogP contribution in [-0.4, -0.2) is 29.5 Å². The van der Waals surface area contributed by atoms with Crippen molar-refractivity contribution in [1.82, 2.24) is 4.98 Å². The Morgan fingerprint density at radius 1 is 1.10 bits per heavy atom. The van der Waals surface area contributed by atoms with E-state index in [2.05, 4.69) is 14.5 Å². The normalized spacial score (nSPS) is 13.7. The van der Waals surface area contributed by atoms with Crippen LogP contribution in [0.25, 0.3) is 0 Å². The number of hydrogen-bond donors (Lipinski definition) is 1. The maximum absolute atomic E-state index is 13.5. The van der Waals surface area contributed by atoms with Gasteiger partial charge in [-0.2, -0.15) is 35.1 Å². The number of alkyl halides is 9. The van der Waals surface area contributed by atoms with Gasteiger partial charge in [0, 0.05) is 0 Å². The Kier molecular flexibility index (Phi) is 6.44. The van der Waals surface area contributed by atoms with Gasteiger partial charge >= 0.3 is 24.6 Å². The third-order valence-corrected chi connectivity index (χ3v) is 3.96. The Labute approximate surface area is 165 Å². The summed E-state index contributed by atoms with van der Waals surface area (Å²) in [7, 11) is 0. The fraction of sp³-hybridized carbons (Fsp3) is 0.333. The summed E-state index contributed by atoms with van der Waals surface area (Å²) < 4.78 is 123. The summed E-state index contributed by atoms with van der Waals surface area (Å²) in [4.78, 5) is 15.0. The van der Waals surface area contributed by atoms with Gasteiger partial charge in [-0.05, 0) is 19.1 Å². The number of halogens is 9. The molecule has 2 aromatic rings. The monoisotopic (exact) mass is 468 g/mol. The molecule has 5 nitrogen and oxygen atoms in total. The summed E-state index contributed by atoms with van der Waals surface area (Å²) in [5.41, 5.74) is -2.23. The number of carbonyl (C=O) groups excluding carboxylic acids is 1. The maximum Gasteiger partial charge on any atom is 0.439 e. The van der Waals surface area contributed by atoms with E-state index in [1.807, 2.05) is 0 Å². The van der Waals surface area contributed by atoms with Crippen LogP contribution < -0.4 is 14.8 Å². The number of carbonyl (C=O) groups is 1. The van der Waals surface area contributed by atoms with E-state index in [4.69, 9.17) is 0 Å². The molecule has 30 heavy (non-hydrogen) atoms. The topological polar surface area (TPSA) is 60.5 Å². The summed E-state index contributed by atoms with van der Waals surface area (Å²) >= 11 is 0.361. The first-order chi connectivity index (χ1) is 13.6. The maximum atomic E-state index is 13.5. The van der Waals surface area contributed by atoms with Crippen molar-refractivity contribution in [2.24, 2.45) is 0 Å². The fourth-order valence-electron chi connectivity index (χ4n) is 1.92. The molecule has 1 heterocycles. The van der Waals surface area contributed by atoms with E-state index in [0.29, 0.717) is 17.4 Å². The number of hydrogen-bond acceptors (Lipinski definition) is 5. The van der Waals surface area contributed by atoms with Crippen LogP contribution in [0.2, 0.25) is 0 Å². The molecule has 0 spiro atoms. The molecule has 166 valence electrons. The highest BCUT2D eigenvalue weighted by molar-refractivity contribution is 7.13. The number of anilines is 1. The number of thiazole rings is 1. The molecule has 15 heteroatoms. The van der Waals surface area contributed by atoms with Crippen molar-refractivity contribution in [2.45, 2.75) is 31.6 Å². The minimum atomic E-state index is -5.94. The largest absolute Gasteiger partial charge is 0.439 e. The van der Waals surface area contributed by atoms with Crippen molar-refractivity contribution >= 4 is 23.1 Å². The molecular weight excluding hydrogens is 459 g/mol. The van der Waals surface area contributed by atoms with E-state index in [0.717, 1.165) is 18.2 Å². The minimum absolute atomic E-state index is 0.102. The van der Waals surface area contributed by atoms with Crippen LogP contribution >= 0.6 is 11.3 Å². The van der Waals surface area contributed by atoms with Gasteiger partial charge in [-0.3, -0.25) is 5.32 Å². The molecule has 0 aliphatic heterocycles. The molecule has 0 bridgehead atoms. The van der Waals surface area contributed by atoms with Crippen molar-refractivity contribution in [3.05, 3.63) is 35.0 Å². The highest BCUT2D eigenvalue weighted by Gasteiger charge is 2.59. The van der Waals surface area contributed by atoms with Crippen LogP contribution in [0.1, 0.15) is 10.7 Å². The Morgan fingerprint density at radius 2 is 1.70 bits per heavy atom. The number of nitrogens with one attached hydrogen (secondary N) is 1. The molecule has 0 saturated heterocycles. The van der Waals surface area contributed by atoms with E-state index in [9.17, 15) is 44.3 Å². The van der Waals surface area contributed by atoms with Crippen LogP contribution in [-0.2, 0) is 6.18 Å². The summed E-state index contributed by atoms with van der Waals surface area (Å²) in [6, 6.07) is 3.66. The van der Waals surface area contributed by atoms with Crippen LogP contribution in [0.15, 0.2) is 24.3 Å². The van der Waals surface area contributed by atoms with Gasteiger partial charge in [0.2, 0.25) is 5.06 Å². The average Bonchev–Trinajstić information content (AvgIpc) is 2.95. The summed E-state index contributed by atoms with van der Waals surface area (Å²) in [6.45, 7) is 1.20. The number of aromatic nitrogens is 1. The molecule has 0 radical (unpaired) electrons. The molecule has 2 rings (SSSR count). The van der Waals surface area contributed by atoms with Crippen molar-refractivity contribution in [3.8, 4) is 10.8 Å². The number of rotatable bonds is 5. The first-order valence-corrected chi connectivity index (χ1v) is 8.33. The number of nitrogens with zero attached hydrogens (tertiary/aromatic N) is 1. The molecular formula is C15H9F9N2O3S. The molecule has 1 aromatic heterocycles. The zero-order chi connectivity index (χ0) is 22.9. The lowest BCUT2D eigenvalue weighted by molar-refractivity contribution is -0.304. The lowest BCUT2D eigenvalue weighted by Crippen LogP contribution is -2.45. The number of aryl methyl sites for hydroxylation is 1. The Balaban J connectivity index is 2.20. The lowest BCUT2D eigenvalue weighted by atomic mass is 10.3. The summed E-state index contributed by atoms with van der Waals surface area (Å²) in [5, 5.41) is 0.677. The second-order valence-electron chi connectivity index (χ2n) is 5.45. The molecule has 1 atom stereocenters. The first-order valence-electron chi connectivity index (χ1n) is 7.51. The SMILES string of the molecule is Cc1nc(C(F)(F)F)c(OC(=O)Nc2ccccc2OC(F)(F)C(F)C(F)(F)F)s1. The highest BCUT2D eigenvalue weighted by Crippen LogP contribution is 2.40. The third-order valence-electron chi connectivity index (χ3n) is 3.11. The third kappa shape index (κ3) is 5.67. The molecule has 0 fully saturated rings. The highest BCUT2D eigenvalue weighted by atomic mass is 32.1. The standard InChI is InChI=1S/C15H9F9N2O3S/c1-6-25-9(13(17,18)19)10(30-6)28-12(27)26-7-4-2-3-5-8(7)29-15(23,24)11(16)14(20,21)22/h2-5,11H,1H3,(H,26,27). The molecule has 0 saturated carbocycles. The Morgan fingerprint density at radius 3 is 2.27 bits per heavy atom. The predicted molar refractivity (Wildman–Crippen MR) is 84.5 cm³/mol. The van der Waals surface area contributed by atoms with Gasteiger partial charge in [0.1, 0.15) is 5.75 Å². The van der Waals surface area contributed by atoms with Crippen LogP contribution in [0.5, 0.6) is 10.8 Å². The van der Waals surface area contributed by atoms with E-state index >= 15 is 0 Å². The molecule has 1 amide bonds. The lowest BCUT2D eigenvalue weighted by Gasteiger charge is -2.24. The summed E-state index contributed by atoms with van der Waals surface area (Å²) in [5.74, 6) is -1.09. The van der Waals surface area contributed by atoms with Crippen LogP contribution in [0.3, 0.4) is 0 Å². The number of para-hydroxylation sites is 2. The Bertz CT molecular complexity index is 911. The molecule has 0 aliphatic rings. The Hall–Kier alpha value is -2.71. The van der Waals surface area contributed by atoms with E-state index in [-0.39, 0.29) is 5.01 Å². The van der Waals surface area contributed by atoms with Gasteiger partial charge in [-0.1, -0.05) is 23.5 Å². The van der Waals surface area contributed by atoms with Gasteiger partial charge in [-0.15, -0.1) is 0 Å². The number of benzene rings is 1. The van der Waals surface area contributed by atoms with E-state index in [1.54, 1.807) is 5.32 Å². The van der Waals surface area contributed by atoms with Crippen LogP contribution in [0.4, 0.5) is 50.0 Å². The van der Waals surface area contributed by atoms with Gasteiger partial charge in [0.25, 0.3) is 6.17 Å². The molecule has 1 aromatic carbocycles. The fourth-order valence-corrected chi connectivity index (χ4v) is 2.70. The zero-order valence-corrected chi connectivity index (χ0v) is 15.2. The van der Waals surface area contributed by atoms with Crippen molar-refractivity contribution in [2.75, 3.05) is 5.32 Å². The minimum Gasteiger partial charge on any atom is -0.428 e. The van der Waals surface area contributed by atoms with Gasteiger partial charge in [0.15, 0.2) is 5.69 Å². The molecule has 1 N–H and O–H groups in total. The average molecular weight is 468 g/mol. The van der Waals surface area contributed by atoms with Gasteiger partial charge in [0.05, 0.1) is 10.7 Å². The number of ether oxygens (including phenoxy) is 2.